The van der Waals surface area contributed by atoms with E-state index in [4.69, 9.17) is 0 Å². The second kappa shape index (κ2) is 3.51. The van der Waals surface area contributed by atoms with Crippen LogP contribution in [0.4, 0.5) is 0 Å². The van der Waals surface area contributed by atoms with Gasteiger partial charge >= 0.3 is 0 Å². The van der Waals surface area contributed by atoms with E-state index in [9.17, 15) is 0 Å². The van der Waals surface area contributed by atoms with Crippen LogP contribution in [-0.2, 0) is 0 Å². The van der Waals surface area contributed by atoms with Gasteiger partial charge in [0, 0.05) is 6.20 Å². The van der Waals surface area contributed by atoms with Crippen LogP contribution in [0.5, 0.6) is 0 Å². The Morgan fingerprint density at radius 2 is 2.09 bits per heavy atom. The molecule has 62 valence electrons. The quantitative estimate of drug-likeness (QED) is 0.607. The summed E-state index contributed by atoms with van der Waals surface area (Å²) in [5.41, 5.74) is 1.06. The van der Waals surface area contributed by atoms with E-state index in [1.54, 1.807) is 0 Å². The number of nitrogens with zero attached hydrogens (tertiary/aromatic N) is 3. The summed E-state index contributed by atoms with van der Waals surface area (Å²) in [6.07, 6.45) is 2.00. The Labute approximate surface area is 80.3 Å². The first-order valence-corrected chi connectivity index (χ1v) is 4.91. The van der Waals surface area contributed by atoms with Gasteiger partial charge in [-0.1, -0.05) is 41.7 Å². The van der Waals surface area contributed by atoms with Crippen LogP contribution in [0.15, 0.2) is 6.20 Å². The molecule has 1 rings (SSSR count). The molecule has 0 aliphatic rings. The third-order valence-corrected chi connectivity index (χ3v) is 2.05. The minimum Gasteiger partial charge on any atom is -0.240 e. The van der Waals surface area contributed by atoms with Gasteiger partial charge in [-0.15, -0.1) is 5.10 Å². The molecule has 0 saturated heterocycles. The van der Waals surface area contributed by atoms with E-state index >= 15 is 0 Å². The van der Waals surface area contributed by atoms with Gasteiger partial charge in [0.2, 0.25) is 0 Å². The van der Waals surface area contributed by atoms with Crippen molar-refractivity contribution < 1.29 is 0 Å². The van der Waals surface area contributed by atoms with E-state index in [0.29, 0.717) is 9.97 Å². The Morgan fingerprint density at radius 1 is 1.45 bits per heavy atom. The van der Waals surface area contributed by atoms with E-state index in [-0.39, 0.29) is 0 Å². The normalized spacial score (nSPS) is 13.9. The van der Waals surface area contributed by atoms with Crippen molar-refractivity contribution >= 4 is 22.6 Å². The first kappa shape index (κ1) is 8.96. The first-order valence-electron chi connectivity index (χ1n) is 3.67. The number of rotatable bonds is 2. The monoisotopic (exact) mass is 265 g/mol. The smallest absolute Gasteiger partial charge is 0.102 e. The first-order chi connectivity index (χ1) is 5.11. The Bertz CT molecular complexity index is 207. The molecule has 1 aromatic heterocycles. The van der Waals surface area contributed by atoms with E-state index in [0.717, 1.165) is 5.69 Å². The van der Waals surface area contributed by atoms with Crippen LogP contribution in [0.3, 0.4) is 0 Å². The van der Waals surface area contributed by atoms with Crippen molar-refractivity contribution in [2.24, 2.45) is 0 Å². The molecule has 1 heterocycles. The van der Waals surface area contributed by atoms with Gasteiger partial charge < -0.3 is 0 Å². The molecule has 0 amide bonds. The summed E-state index contributed by atoms with van der Waals surface area (Å²) in [5, 5.41) is 8.04. The average Bonchev–Trinajstić information content (AvgIpc) is 2.33. The molecule has 1 aromatic rings. The van der Waals surface area contributed by atoms with Crippen molar-refractivity contribution in [1.82, 2.24) is 15.0 Å². The second-order valence-electron chi connectivity index (χ2n) is 2.85. The summed E-state index contributed by atoms with van der Waals surface area (Å²) >= 11 is 2.31. The van der Waals surface area contributed by atoms with Gasteiger partial charge in [-0.05, 0) is 12.8 Å². The molecule has 0 aromatic carbocycles. The summed E-state index contributed by atoms with van der Waals surface area (Å²) in [6.45, 7) is 6.32. The molecule has 0 fully saturated rings. The van der Waals surface area contributed by atoms with Gasteiger partial charge in [-0.25, -0.2) is 4.68 Å². The summed E-state index contributed by atoms with van der Waals surface area (Å²) < 4.78 is 2.25. The van der Waals surface area contributed by atoms with Crippen LogP contribution in [0, 0.1) is 0 Å². The van der Waals surface area contributed by atoms with E-state index < -0.39 is 0 Å². The van der Waals surface area contributed by atoms with Crippen LogP contribution in [0.1, 0.15) is 36.4 Å². The molecule has 0 radical (unpaired) electrons. The third kappa shape index (κ3) is 2.15. The highest BCUT2D eigenvalue weighted by Gasteiger charge is 2.06. The molecule has 1 unspecified atom stereocenters. The molecule has 0 N–H and O–H groups in total. The molecule has 0 spiro atoms. The molecular weight excluding hydrogens is 253 g/mol. The predicted molar refractivity (Wildman–Crippen MR) is 52.8 cm³/mol. The Kier molecular flexibility index (Phi) is 2.86. The molecule has 0 aliphatic heterocycles. The molecular formula is C7H12IN3. The minimum absolute atomic E-state index is 0.382. The summed E-state index contributed by atoms with van der Waals surface area (Å²) in [7, 11) is 0. The lowest BCUT2D eigenvalue weighted by molar-refractivity contribution is 0.630. The molecule has 4 heteroatoms. The van der Waals surface area contributed by atoms with Crippen LogP contribution >= 0.6 is 22.6 Å². The molecule has 3 nitrogen and oxygen atoms in total. The zero-order valence-electron chi connectivity index (χ0n) is 6.95. The lowest BCUT2D eigenvalue weighted by Gasteiger charge is -1.99. The largest absolute Gasteiger partial charge is 0.240 e. The molecule has 1 atom stereocenters. The summed E-state index contributed by atoms with van der Waals surface area (Å²) in [6, 6.07) is 0. The van der Waals surface area contributed by atoms with Crippen LogP contribution in [0.25, 0.3) is 0 Å². The second-order valence-corrected chi connectivity index (χ2v) is 4.65. The Hall–Kier alpha value is -0.130. The zero-order valence-corrected chi connectivity index (χ0v) is 9.11. The molecule has 0 aliphatic carbocycles. The number of alkyl halides is 1. The van der Waals surface area contributed by atoms with Crippen LogP contribution in [-0.4, -0.2) is 15.0 Å². The molecule has 0 saturated carbocycles. The highest BCUT2D eigenvalue weighted by Crippen LogP contribution is 2.15. The van der Waals surface area contributed by atoms with Crippen molar-refractivity contribution in [2.75, 3.05) is 0 Å². The number of aromatic nitrogens is 3. The SMILES string of the molecule is CC(C)c1cn(C(C)I)nn1. The van der Waals surface area contributed by atoms with Gasteiger partial charge in [-0.2, -0.15) is 0 Å². The highest BCUT2D eigenvalue weighted by atomic mass is 127. The van der Waals surface area contributed by atoms with Crippen LogP contribution in [0.2, 0.25) is 0 Å². The van der Waals surface area contributed by atoms with Crippen molar-refractivity contribution in [1.29, 1.82) is 0 Å². The van der Waals surface area contributed by atoms with E-state index in [2.05, 4.69) is 53.7 Å². The van der Waals surface area contributed by atoms with Crippen molar-refractivity contribution in [3.05, 3.63) is 11.9 Å². The third-order valence-electron chi connectivity index (χ3n) is 1.48. The maximum atomic E-state index is 4.05. The molecule has 11 heavy (non-hydrogen) atoms. The number of hydrogen-bond donors (Lipinski definition) is 0. The van der Waals surface area contributed by atoms with Gasteiger partial charge in [0.15, 0.2) is 0 Å². The Balaban J connectivity index is 2.82. The van der Waals surface area contributed by atoms with Gasteiger partial charge in [-0.3, -0.25) is 0 Å². The summed E-state index contributed by atoms with van der Waals surface area (Å²) in [5.74, 6) is 0.471. The average molecular weight is 265 g/mol. The van der Waals surface area contributed by atoms with Crippen molar-refractivity contribution in [2.45, 2.75) is 30.7 Å². The predicted octanol–water partition coefficient (Wildman–Crippen LogP) is 2.36. The highest BCUT2D eigenvalue weighted by molar-refractivity contribution is 14.1. The fourth-order valence-corrected chi connectivity index (χ4v) is 1.00. The lowest BCUT2D eigenvalue weighted by Crippen LogP contribution is -1.97. The standard InChI is InChI=1S/C7H12IN3/c1-5(2)7-4-11(6(3)8)10-9-7/h4-6H,1-3H3. The van der Waals surface area contributed by atoms with E-state index in [1.807, 2.05) is 10.9 Å². The lowest BCUT2D eigenvalue weighted by atomic mass is 10.2. The van der Waals surface area contributed by atoms with Gasteiger partial charge in [0.25, 0.3) is 0 Å². The van der Waals surface area contributed by atoms with Crippen molar-refractivity contribution in [3.8, 4) is 0 Å². The Morgan fingerprint density at radius 3 is 2.36 bits per heavy atom. The van der Waals surface area contributed by atoms with Crippen molar-refractivity contribution in [3.63, 3.8) is 0 Å². The fraction of sp³-hybridized carbons (Fsp3) is 0.714. The minimum atomic E-state index is 0.382. The van der Waals surface area contributed by atoms with Gasteiger partial charge in [0.05, 0.1) is 5.69 Å². The fourth-order valence-electron chi connectivity index (χ4n) is 0.729. The summed E-state index contributed by atoms with van der Waals surface area (Å²) in [4.78, 5) is 0. The number of hydrogen-bond acceptors (Lipinski definition) is 2. The van der Waals surface area contributed by atoms with Gasteiger partial charge in [0.1, 0.15) is 4.05 Å². The van der Waals surface area contributed by atoms with Crippen LogP contribution < -0.4 is 0 Å². The maximum absolute atomic E-state index is 4.05. The number of halogens is 1. The van der Waals surface area contributed by atoms with E-state index in [1.165, 1.54) is 0 Å². The maximum Gasteiger partial charge on any atom is 0.102 e. The zero-order chi connectivity index (χ0) is 8.43. The molecule has 0 bridgehead atoms. The topological polar surface area (TPSA) is 30.7 Å².